The average Bonchev–Trinajstić information content (AvgIpc) is 2.14. The molecule has 7 N–H and O–H groups in total. The molecule has 0 aliphatic carbocycles. The van der Waals surface area contributed by atoms with Gasteiger partial charge in [0.25, 0.3) is 0 Å². The van der Waals surface area contributed by atoms with E-state index in [1.165, 1.54) is 0 Å². The van der Waals surface area contributed by atoms with Crippen molar-refractivity contribution in [1.82, 2.24) is 30.1 Å². The summed E-state index contributed by atoms with van der Waals surface area (Å²) in [5, 5.41) is 7.85. The van der Waals surface area contributed by atoms with Crippen molar-refractivity contribution in [3.05, 3.63) is 6.07 Å². The Labute approximate surface area is 88.7 Å². The highest BCUT2D eigenvalue weighted by molar-refractivity contribution is 5.70. The van der Waals surface area contributed by atoms with Gasteiger partial charge < -0.3 is 17.3 Å². The fourth-order valence-corrected chi connectivity index (χ4v) is 1.45. The van der Waals surface area contributed by atoms with E-state index in [9.17, 15) is 0 Å². The average molecular weight is 220 g/mol. The molecule has 0 fully saturated rings. The fourth-order valence-electron chi connectivity index (χ4n) is 1.45. The van der Waals surface area contributed by atoms with Crippen LogP contribution in [0.25, 0.3) is 0 Å². The third kappa shape index (κ3) is 1.06. The molecule has 0 aromatic heterocycles. The topological polar surface area (TPSA) is 154 Å². The van der Waals surface area contributed by atoms with E-state index < -0.39 is 0 Å². The van der Waals surface area contributed by atoms with Gasteiger partial charge in [-0.2, -0.15) is 9.97 Å². The molecular weight excluding hydrogens is 212 g/mol. The van der Waals surface area contributed by atoms with Crippen molar-refractivity contribution in [2.24, 2.45) is 0 Å². The Morgan fingerprint density at radius 1 is 1.19 bits per heavy atom. The molecule has 0 aromatic carbocycles. The quantitative estimate of drug-likeness (QED) is 0.338. The normalized spacial score (nSPS) is 12.4. The molecule has 3 heterocycles. The lowest BCUT2D eigenvalue weighted by atomic mass is 10.4. The van der Waals surface area contributed by atoms with E-state index in [0.29, 0.717) is 17.7 Å². The Bertz CT molecular complexity index is 460. The SMILES string of the molecule is Nc1cc2nn(N)nc3[nH]c(N)nc(n1)N23. The first kappa shape index (κ1) is 8.52. The second-order valence-corrected chi connectivity index (χ2v) is 3.14. The van der Waals surface area contributed by atoms with Gasteiger partial charge in [-0.15, -0.1) is 5.10 Å². The molecule has 0 radical (unpaired) electrons. The molecule has 0 amide bonds. The number of rotatable bonds is 0. The molecular formula is C6H8N10. The Morgan fingerprint density at radius 3 is 2.81 bits per heavy atom. The monoisotopic (exact) mass is 220 g/mol. The summed E-state index contributed by atoms with van der Waals surface area (Å²) in [5.41, 5.74) is 11.2. The molecule has 0 saturated carbocycles. The van der Waals surface area contributed by atoms with E-state index in [1.807, 2.05) is 0 Å². The number of aromatic nitrogens is 6. The number of hydrogen-bond acceptors (Lipinski definition) is 8. The summed E-state index contributed by atoms with van der Waals surface area (Å²) < 4.78 is 0. The number of nitrogens with two attached hydrogens (primary N) is 3. The molecule has 0 atom stereocenters. The van der Waals surface area contributed by atoms with Crippen LogP contribution in [0.4, 0.5) is 29.5 Å². The first-order valence-electron chi connectivity index (χ1n) is 4.33. The Kier molecular flexibility index (Phi) is 1.40. The molecule has 0 spiro atoms. The number of aromatic amines is 1. The van der Waals surface area contributed by atoms with Gasteiger partial charge in [0.05, 0.1) is 0 Å². The highest BCUT2D eigenvalue weighted by Gasteiger charge is 2.26. The van der Waals surface area contributed by atoms with E-state index >= 15 is 0 Å². The van der Waals surface area contributed by atoms with Crippen LogP contribution in [-0.4, -0.2) is 30.1 Å². The summed E-state index contributed by atoms with van der Waals surface area (Å²) >= 11 is 0. The number of nitrogen functional groups attached to an aromatic ring is 3. The molecule has 10 nitrogen and oxygen atoms in total. The van der Waals surface area contributed by atoms with Crippen LogP contribution in [0, 0.1) is 0 Å². The zero-order valence-electron chi connectivity index (χ0n) is 7.99. The maximum Gasteiger partial charge on any atom is 0.243 e. The summed E-state index contributed by atoms with van der Waals surface area (Å²) in [6.07, 6.45) is 0. The van der Waals surface area contributed by atoms with Crippen molar-refractivity contribution in [2.75, 3.05) is 22.2 Å². The summed E-state index contributed by atoms with van der Waals surface area (Å²) in [6.45, 7) is 0. The van der Waals surface area contributed by atoms with Gasteiger partial charge in [-0.05, 0) is 0 Å². The molecule has 3 aliphatic heterocycles. The van der Waals surface area contributed by atoms with Gasteiger partial charge in [0.15, 0.2) is 5.82 Å². The number of hydrogen-bond donors (Lipinski definition) is 4. The van der Waals surface area contributed by atoms with Crippen LogP contribution in [0.15, 0.2) is 6.07 Å². The number of nitrogens with zero attached hydrogens (tertiary/aromatic N) is 6. The minimum atomic E-state index is 0.165. The predicted molar refractivity (Wildman–Crippen MR) is 56.0 cm³/mol. The van der Waals surface area contributed by atoms with E-state index in [1.54, 1.807) is 11.0 Å². The molecule has 10 heteroatoms. The minimum Gasteiger partial charge on any atom is -0.383 e. The van der Waals surface area contributed by atoms with Crippen molar-refractivity contribution in [1.29, 1.82) is 0 Å². The first-order chi connectivity index (χ1) is 7.63. The maximum atomic E-state index is 5.60. The predicted octanol–water partition coefficient (Wildman–Crippen LogP) is -1.38. The molecule has 3 aliphatic rings. The van der Waals surface area contributed by atoms with Crippen LogP contribution < -0.4 is 22.2 Å². The van der Waals surface area contributed by atoms with Crippen molar-refractivity contribution in [3.63, 3.8) is 0 Å². The molecule has 82 valence electrons. The second kappa shape index (κ2) is 2.62. The van der Waals surface area contributed by atoms with Crippen molar-refractivity contribution in [3.8, 4) is 0 Å². The van der Waals surface area contributed by atoms with Crippen molar-refractivity contribution >= 4 is 29.5 Å². The molecule has 0 aromatic rings. The first-order valence-corrected chi connectivity index (χ1v) is 4.33. The standard InChI is InChI=1S/C6H8N10/c7-2-1-3-13-16(9)14-6-12-4(8)11-5(10-2)15(3)6/h1H,7,9H2,(H3,8,10,11,12,14). The van der Waals surface area contributed by atoms with Gasteiger partial charge in [-0.25, -0.2) is 4.90 Å². The third-order valence-corrected chi connectivity index (χ3v) is 2.01. The molecule has 0 saturated heterocycles. The fraction of sp³-hybridized carbons (Fsp3) is 0. The Balaban J connectivity index is 2.43. The molecule has 0 unspecified atom stereocenters. The van der Waals surface area contributed by atoms with Crippen molar-refractivity contribution in [2.45, 2.75) is 0 Å². The van der Waals surface area contributed by atoms with Gasteiger partial charge >= 0.3 is 0 Å². The van der Waals surface area contributed by atoms with Crippen LogP contribution in [0.2, 0.25) is 0 Å². The maximum absolute atomic E-state index is 5.60. The zero-order valence-corrected chi connectivity index (χ0v) is 7.99. The lowest BCUT2D eigenvalue weighted by molar-refractivity contribution is 0.638. The van der Waals surface area contributed by atoms with E-state index in [0.717, 1.165) is 4.91 Å². The van der Waals surface area contributed by atoms with E-state index in [-0.39, 0.29) is 11.8 Å². The second-order valence-electron chi connectivity index (χ2n) is 3.14. The van der Waals surface area contributed by atoms with Crippen LogP contribution in [-0.2, 0) is 0 Å². The van der Waals surface area contributed by atoms with E-state index in [2.05, 4.69) is 25.1 Å². The smallest absolute Gasteiger partial charge is 0.243 e. The van der Waals surface area contributed by atoms with Gasteiger partial charge in [0.1, 0.15) is 5.82 Å². The Hall–Kier alpha value is -2.78. The minimum absolute atomic E-state index is 0.165. The lowest BCUT2D eigenvalue weighted by Gasteiger charge is -2.25. The molecule has 0 bridgehead atoms. The highest BCUT2D eigenvalue weighted by Crippen LogP contribution is 2.32. The van der Waals surface area contributed by atoms with Crippen LogP contribution >= 0.6 is 0 Å². The van der Waals surface area contributed by atoms with Crippen LogP contribution in [0.1, 0.15) is 0 Å². The van der Waals surface area contributed by atoms with Crippen LogP contribution in [0.5, 0.6) is 0 Å². The summed E-state index contributed by atoms with van der Waals surface area (Å²) in [6, 6.07) is 1.55. The summed E-state index contributed by atoms with van der Waals surface area (Å²) in [7, 11) is 0. The molecule has 16 heavy (non-hydrogen) atoms. The summed E-state index contributed by atoms with van der Waals surface area (Å²) in [5.74, 6) is 7.07. The third-order valence-electron chi connectivity index (χ3n) is 2.01. The van der Waals surface area contributed by atoms with Crippen molar-refractivity contribution < 1.29 is 0 Å². The van der Waals surface area contributed by atoms with Gasteiger partial charge in [0.2, 0.25) is 17.8 Å². The number of nitrogens with one attached hydrogen (secondary N) is 1. The van der Waals surface area contributed by atoms with E-state index in [4.69, 9.17) is 17.3 Å². The van der Waals surface area contributed by atoms with Gasteiger partial charge in [-0.3, -0.25) is 4.98 Å². The zero-order chi connectivity index (χ0) is 11.3. The molecule has 3 rings (SSSR count). The number of H-pyrrole nitrogens is 1. The lowest BCUT2D eigenvalue weighted by Crippen LogP contribution is -2.30. The Morgan fingerprint density at radius 2 is 2.00 bits per heavy atom. The highest BCUT2D eigenvalue weighted by atomic mass is 15.7. The number of anilines is 5. The largest absolute Gasteiger partial charge is 0.383 e. The van der Waals surface area contributed by atoms with Gasteiger partial charge in [0, 0.05) is 6.07 Å². The summed E-state index contributed by atoms with van der Waals surface area (Å²) in [4.78, 5) is 13.2. The van der Waals surface area contributed by atoms with Crippen LogP contribution in [0.3, 0.4) is 0 Å². The van der Waals surface area contributed by atoms with Gasteiger partial charge in [-0.1, -0.05) is 10.0 Å².